The van der Waals surface area contributed by atoms with E-state index in [4.69, 9.17) is 11.6 Å². The number of hydrogen-bond donors (Lipinski definition) is 1. The molecule has 0 saturated carbocycles. The Morgan fingerprint density at radius 1 is 1.48 bits per heavy atom. The number of aromatic nitrogens is 1. The lowest BCUT2D eigenvalue weighted by molar-refractivity contribution is 0.185. The zero-order chi connectivity index (χ0) is 16.4. The van der Waals surface area contributed by atoms with E-state index in [2.05, 4.69) is 37.8 Å². The fraction of sp³-hybridized carbons (Fsp3) is 0.364. The van der Waals surface area contributed by atoms with Crippen molar-refractivity contribution in [3.8, 4) is 0 Å². The van der Waals surface area contributed by atoms with Crippen molar-refractivity contribution in [3.05, 3.63) is 33.5 Å². The molecule has 10 heteroatoms. The number of allylic oxidation sites excluding steroid dienone is 1. The molecule has 1 aromatic rings. The smallest absolute Gasteiger partial charge is 0.368 e. The third kappa shape index (κ3) is 4.51. The first kappa shape index (κ1) is 18.6. The molecule has 1 heterocycles. The van der Waals surface area contributed by atoms with Crippen molar-refractivity contribution in [1.29, 1.82) is 0 Å². The van der Waals surface area contributed by atoms with Crippen LogP contribution < -0.4 is 5.32 Å². The van der Waals surface area contributed by atoms with Gasteiger partial charge in [-0.15, -0.1) is 0 Å². The number of halogens is 5. The topological polar surface area (TPSA) is 59.1 Å². The third-order valence-corrected chi connectivity index (χ3v) is 5.46. The summed E-state index contributed by atoms with van der Waals surface area (Å²) in [6.45, 7) is 2.69. The summed E-state index contributed by atoms with van der Waals surface area (Å²) in [4.78, 5) is 3.85. The number of hydrogen-bond acceptors (Lipinski definition) is 4. The Bertz CT molecular complexity index is 641. The fourth-order valence-corrected chi connectivity index (χ4v) is 2.92. The molecule has 21 heavy (non-hydrogen) atoms. The van der Waals surface area contributed by atoms with Crippen molar-refractivity contribution in [2.24, 2.45) is 0 Å². The molecule has 1 atom stereocenters. The summed E-state index contributed by atoms with van der Waals surface area (Å²) < 4.78 is 45.2. The Labute approximate surface area is 139 Å². The van der Waals surface area contributed by atoms with Gasteiger partial charge in [0.15, 0.2) is 0 Å². The summed E-state index contributed by atoms with van der Waals surface area (Å²) in [7, 11) is -4.90. The highest BCUT2D eigenvalue weighted by Gasteiger charge is 2.46. The van der Waals surface area contributed by atoms with E-state index in [1.807, 2.05) is 0 Å². The molecule has 0 bridgehead atoms. The van der Waals surface area contributed by atoms with Crippen molar-refractivity contribution in [1.82, 2.24) is 10.3 Å². The molecule has 0 fully saturated rings. The first-order valence-corrected chi connectivity index (χ1v) is 8.61. The average Bonchev–Trinajstić information content (AvgIpc) is 2.35. The van der Waals surface area contributed by atoms with Crippen LogP contribution in [0.2, 0.25) is 5.15 Å². The molecule has 1 unspecified atom stereocenters. The first-order valence-electron chi connectivity index (χ1n) is 5.52. The molecule has 1 aromatic heterocycles. The fourth-order valence-electron chi connectivity index (χ4n) is 1.39. The molecule has 1 rings (SSSR count). The molecule has 0 aromatic carbocycles. The summed E-state index contributed by atoms with van der Waals surface area (Å²) >= 11 is 13.5. The zero-order valence-corrected chi connectivity index (χ0v) is 14.8. The van der Waals surface area contributed by atoms with Gasteiger partial charge < -0.3 is 5.32 Å². The first-order chi connectivity index (χ1) is 9.46. The van der Waals surface area contributed by atoms with E-state index in [1.165, 1.54) is 12.3 Å². The molecule has 0 radical (unpaired) electrons. The van der Waals surface area contributed by atoms with Gasteiger partial charge >= 0.3 is 4.71 Å². The zero-order valence-electron chi connectivity index (χ0n) is 10.9. The molecule has 4 nitrogen and oxygen atoms in total. The summed E-state index contributed by atoms with van der Waals surface area (Å²) in [6, 6.07) is 3.06. The number of rotatable bonds is 5. The van der Waals surface area contributed by atoms with Crippen LogP contribution >= 0.6 is 39.1 Å². The number of pyridine rings is 1. The Kier molecular flexibility index (Phi) is 5.99. The van der Waals surface area contributed by atoms with E-state index in [9.17, 15) is 17.2 Å². The van der Waals surface area contributed by atoms with E-state index in [1.54, 1.807) is 13.0 Å². The number of sulfone groups is 1. The van der Waals surface area contributed by atoms with E-state index in [-0.39, 0.29) is 10.9 Å². The number of nitrogens with one attached hydrogen (secondary N) is 1. The summed E-state index contributed by atoms with van der Waals surface area (Å²) in [5.74, 6) is 0. The Morgan fingerprint density at radius 3 is 2.43 bits per heavy atom. The maximum atomic E-state index is 12.9. The lowest BCUT2D eigenvalue weighted by Crippen LogP contribution is -2.40. The van der Waals surface area contributed by atoms with Crippen molar-refractivity contribution in [2.75, 3.05) is 0 Å². The highest BCUT2D eigenvalue weighted by molar-refractivity contribution is 9.11. The van der Waals surface area contributed by atoms with Crippen molar-refractivity contribution < 1.29 is 17.2 Å². The molecule has 0 aliphatic heterocycles. The maximum Gasteiger partial charge on any atom is 0.424 e. The van der Waals surface area contributed by atoms with Crippen LogP contribution in [-0.2, 0) is 9.84 Å². The van der Waals surface area contributed by atoms with Crippen LogP contribution in [0.3, 0.4) is 0 Å². The molecule has 0 saturated heterocycles. The SMILES string of the molecule is C/C(Br)=C(\NC(C)S(=O)(=O)C(F)(F)Cl)c1ccc(Cl)nc1. The predicted molar refractivity (Wildman–Crippen MR) is 83.1 cm³/mol. The maximum absolute atomic E-state index is 12.9. The van der Waals surface area contributed by atoms with Crippen molar-refractivity contribution in [2.45, 2.75) is 23.9 Å². The Morgan fingerprint density at radius 2 is 2.05 bits per heavy atom. The van der Waals surface area contributed by atoms with E-state index in [0.29, 0.717) is 10.0 Å². The molecule has 0 amide bonds. The molecule has 1 N–H and O–H groups in total. The van der Waals surface area contributed by atoms with Gasteiger partial charge in [-0.1, -0.05) is 27.5 Å². The van der Waals surface area contributed by atoms with Crippen molar-refractivity contribution in [3.63, 3.8) is 0 Å². The van der Waals surface area contributed by atoms with Gasteiger partial charge in [-0.05, 0) is 37.6 Å². The third-order valence-electron chi connectivity index (χ3n) is 2.50. The lowest BCUT2D eigenvalue weighted by atomic mass is 10.2. The van der Waals surface area contributed by atoms with E-state index < -0.39 is 19.9 Å². The van der Waals surface area contributed by atoms with Gasteiger partial charge in [0.25, 0.3) is 9.84 Å². The van der Waals surface area contributed by atoms with Crippen LogP contribution in [0, 0.1) is 0 Å². The van der Waals surface area contributed by atoms with Crippen molar-refractivity contribution >= 4 is 54.7 Å². The minimum absolute atomic E-state index is 0.248. The monoisotopic (exact) mass is 422 g/mol. The average molecular weight is 424 g/mol. The molecular formula is C11H11BrCl2F2N2O2S. The van der Waals surface area contributed by atoms with Gasteiger partial charge in [0.2, 0.25) is 0 Å². The minimum atomic E-state index is -4.90. The summed E-state index contributed by atoms with van der Waals surface area (Å²) in [5, 5.41) is 1.14. The normalized spacial score (nSPS) is 15.4. The lowest BCUT2D eigenvalue weighted by Gasteiger charge is -2.21. The Balaban J connectivity index is 3.13. The van der Waals surface area contributed by atoms with Crippen LogP contribution in [0.4, 0.5) is 8.78 Å². The highest BCUT2D eigenvalue weighted by atomic mass is 79.9. The number of alkyl halides is 3. The molecule has 0 aliphatic carbocycles. The standard InChI is InChI=1S/C11H11BrCl2F2N2O2S/c1-6(12)10(8-3-4-9(13)17-5-8)18-7(2)21(19,20)11(14,15)16/h3-5,7,18H,1-2H3/b10-6+. The van der Waals surface area contributed by atoms with E-state index in [0.717, 1.165) is 6.92 Å². The van der Waals surface area contributed by atoms with Crippen LogP contribution in [0.15, 0.2) is 22.8 Å². The highest BCUT2D eigenvalue weighted by Crippen LogP contribution is 2.31. The van der Waals surface area contributed by atoms with Crippen LogP contribution in [0.5, 0.6) is 0 Å². The van der Waals surface area contributed by atoms with Gasteiger partial charge in [0.1, 0.15) is 10.5 Å². The molecular weight excluding hydrogens is 413 g/mol. The minimum Gasteiger partial charge on any atom is -0.368 e. The molecule has 118 valence electrons. The van der Waals surface area contributed by atoms with Crippen LogP contribution in [-0.4, -0.2) is 23.5 Å². The van der Waals surface area contributed by atoms with Crippen LogP contribution in [0.1, 0.15) is 19.4 Å². The Hall–Kier alpha value is -0.440. The summed E-state index contributed by atoms with van der Waals surface area (Å²) in [6.07, 6.45) is 1.38. The predicted octanol–water partition coefficient (Wildman–Crippen LogP) is 3.96. The molecule has 0 spiro atoms. The van der Waals surface area contributed by atoms with Gasteiger partial charge in [0, 0.05) is 16.2 Å². The molecule has 0 aliphatic rings. The second kappa shape index (κ2) is 6.76. The summed E-state index contributed by atoms with van der Waals surface area (Å²) in [5.41, 5.74) is 0.768. The second-order valence-electron chi connectivity index (χ2n) is 4.06. The van der Waals surface area contributed by atoms with Gasteiger partial charge in [-0.3, -0.25) is 0 Å². The van der Waals surface area contributed by atoms with E-state index >= 15 is 0 Å². The number of nitrogens with zero attached hydrogens (tertiary/aromatic N) is 1. The van der Waals surface area contributed by atoms with Crippen LogP contribution in [0.25, 0.3) is 5.70 Å². The largest absolute Gasteiger partial charge is 0.424 e. The van der Waals surface area contributed by atoms with Gasteiger partial charge in [-0.2, -0.15) is 8.78 Å². The second-order valence-corrected chi connectivity index (χ2v) is 8.64. The van der Waals surface area contributed by atoms with Gasteiger partial charge in [0.05, 0.1) is 5.70 Å². The quantitative estimate of drug-likeness (QED) is 0.575. The van der Waals surface area contributed by atoms with Gasteiger partial charge in [-0.25, -0.2) is 13.4 Å².